The van der Waals surface area contributed by atoms with Crippen molar-refractivity contribution in [2.24, 2.45) is 11.8 Å². The summed E-state index contributed by atoms with van der Waals surface area (Å²) in [5.74, 6) is -0.651. The van der Waals surface area contributed by atoms with E-state index in [-0.39, 0.29) is 18.1 Å². The zero-order valence-corrected chi connectivity index (χ0v) is 20.0. The van der Waals surface area contributed by atoms with Crippen LogP contribution in [0.1, 0.15) is 103 Å². The Balaban J connectivity index is 1.61. The largest absolute Gasteiger partial charge is 0.393 e. The summed E-state index contributed by atoms with van der Waals surface area (Å²) in [5.41, 5.74) is 0. The van der Waals surface area contributed by atoms with Crippen LogP contribution in [0.4, 0.5) is 0 Å². The summed E-state index contributed by atoms with van der Waals surface area (Å²) in [6.07, 6.45) is 14.6. The summed E-state index contributed by atoms with van der Waals surface area (Å²) in [6.45, 7) is 2.91. The maximum Gasteiger partial charge on any atom is 0.125 e. The predicted molar refractivity (Wildman–Crippen MR) is 124 cm³/mol. The van der Waals surface area contributed by atoms with Crippen LogP contribution in [0.2, 0.25) is 0 Å². The molecule has 6 heteroatoms. The molecule has 3 unspecified atom stereocenters. The van der Waals surface area contributed by atoms with Gasteiger partial charge in [0.1, 0.15) is 12.6 Å². The zero-order valence-electron chi connectivity index (χ0n) is 20.0. The van der Waals surface area contributed by atoms with Gasteiger partial charge in [-0.1, -0.05) is 64.7 Å². The van der Waals surface area contributed by atoms with Crippen molar-refractivity contribution < 1.29 is 29.3 Å². The maximum absolute atomic E-state index is 11.7. The first-order chi connectivity index (χ1) is 15.6. The SMILES string of the molecule is CCCCCCCCCCCCOC1CC(O)[C@H](O[C@H]2C[C@@H](O)C[C@@H](C=O)C2)C(C=O)C1. The summed E-state index contributed by atoms with van der Waals surface area (Å²) in [7, 11) is 0. The van der Waals surface area contributed by atoms with E-state index in [4.69, 9.17) is 9.47 Å². The molecule has 2 aliphatic rings. The van der Waals surface area contributed by atoms with Crippen LogP contribution in [0.25, 0.3) is 0 Å². The molecule has 2 fully saturated rings. The lowest BCUT2D eigenvalue weighted by Crippen LogP contribution is -2.48. The highest BCUT2D eigenvalue weighted by Gasteiger charge is 2.41. The molecule has 0 amide bonds. The van der Waals surface area contributed by atoms with Crippen LogP contribution in [0.5, 0.6) is 0 Å². The van der Waals surface area contributed by atoms with Crippen LogP contribution in [0.3, 0.4) is 0 Å². The van der Waals surface area contributed by atoms with Crippen molar-refractivity contribution in [2.45, 2.75) is 134 Å². The first-order valence-electron chi connectivity index (χ1n) is 13.1. The molecule has 0 bridgehead atoms. The third kappa shape index (κ3) is 9.98. The van der Waals surface area contributed by atoms with E-state index >= 15 is 0 Å². The number of hydrogen-bond donors (Lipinski definition) is 2. The van der Waals surface area contributed by atoms with E-state index < -0.39 is 24.2 Å². The summed E-state index contributed by atoms with van der Waals surface area (Å²) >= 11 is 0. The van der Waals surface area contributed by atoms with Crippen LogP contribution < -0.4 is 0 Å². The van der Waals surface area contributed by atoms with Crippen LogP contribution in [0, 0.1) is 11.8 Å². The molecule has 2 rings (SSSR count). The predicted octanol–water partition coefficient (Wildman–Crippen LogP) is 4.38. The van der Waals surface area contributed by atoms with Gasteiger partial charge in [0.25, 0.3) is 0 Å². The lowest BCUT2D eigenvalue weighted by molar-refractivity contribution is -0.167. The summed E-state index contributed by atoms with van der Waals surface area (Å²) in [4.78, 5) is 22.8. The van der Waals surface area contributed by atoms with Gasteiger partial charge in [0.05, 0.1) is 30.5 Å². The molecule has 0 spiro atoms. The van der Waals surface area contributed by atoms with E-state index in [1.807, 2.05) is 0 Å². The second-order valence-electron chi connectivity index (χ2n) is 9.99. The highest BCUT2D eigenvalue weighted by atomic mass is 16.5. The van der Waals surface area contributed by atoms with Gasteiger partial charge in [-0.3, -0.25) is 0 Å². The quantitative estimate of drug-likeness (QED) is 0.266. The minimum absolute atomic E-state index is 0.127. The fourth-order valence-electron chi connectivity index (χ4n) is 5.25. The van der Waals surface area contributed by atoms with Crippen molar-refractivity contribution >= 4 is 12.6 Å². The number of aldehydes is 2. The Kier molecular flexibility index (Phi) is 13.6. The maximum atomic E-state index is 11.7. The van der Waals surface area contributed by atoms with Crippen molar-refractivity contribution in [3.05, 3.63) is 0 Å². The van der Waals surface area contributed by atoms with Gasteiger partial charge >= 0.3 is 0 Å². The molecule has 0 radical (unpaired) electrons. The fourth-order valence-corrected chi connectivity index (χ4v) is 5.25. The number of unbranched alkanes of at least 4 members (excludes halogenated alkanes) is 9. The number of aliphatic hydroxyl groups excluding tert-OH is 2. The van der Waals surface area contributed by atoms with E-state index in [0.29, 0.717) is 38.7 Å². The zero-order chi connectivity index (χ0) is 23.2. The van der Waals surface area contributed by atoms with Crippen LogP contribution in [0.15, 0.2) is 0 Å². The first kappa shape index (κ1) is 27.4. The van der Waals surface area contributed by atoms with Crippen LogP contribution in [-0.2, 0) is 19.1 Å². The Labute approximate surface area is 194 Å². The van der Waals surface area contributed by atoms with E-state index in [0.717, 1.165) is 25.4 Å². The van der Waals surface area contributed by atoms with E-state index in [9.17, 15) is 19.8 Å². The normalized spacial score (nSPS) is 33.2. The number of carbonyl (C=O) groups is 2. The summed E-state index contributed by atoms with van der Waals surface area (Å²) < 4.78 is 12.0. The summed E-state index contributed by atoms with van der Waals surface area (Å²) in [6, 6.07) is 0. The lowest BCUT2D eigenvalue weighted by Gasteiger charge is -2.40. The molecule has 2 saturated carbocycles. The highest BCUT2D eigenvalue weighted by molar-refractivity contribution is 5.55. The second kappa shape index (κ2) is 15.9. The Morgan fingerprint density at radius 1 is 0.750 bits per heavy atom. The third-order valence-corrected chi connectivity index (χ3v) is 7.08. The van der Waals surface area contributed by atoms with Gasteiger partial charge in [-0.05, 0) is 32.1 Å². The Hall–Kier alpha value is -0.820. The summed E-state index contributed by atoms with van der Waals surface area (Å²) in [5, 5.41) is 20.6. The lowest BCUT2D eigenvalue weighted by atomic mass is 9.82. The molecule has 2 aliphatic carbocycles. The molecule has 0 aromatic carbocycles. The van der Waals surface area contributed by atoms with Crippen LogP contribution >= 0.6 is 0 Å². The van der Waals surface area contributed by atoms with Crippen molar-refractivity contribution in [1.82, 2.24) is 0 Å². The molecule has 32 heavy (non-hydrogen) atoms. The highest BCUT2D eigenvalue weighted by Crippen LogP contribution is 2.33. The number of rotatable bonds is 16. The van der Waals surface area contributed by atoms with Gasteiger partial charge in [-0.25, -0.2) is 0 Å². The Morgan fingerprint density at radius 3 is 2.03 bits per heavy atom. The monoisotopic (exact) mass is 454 g/mol. The average Bonchev–Trinajstić information content (AvgIpc) is 2.78. The third-order valence-electron chi connectivity index (χ3n) is 7.08. The number of aliphatic hydroxyl groups is 2. The molecular formula is C26H46O6. The number of carbonyl (C=O) groups excluding carboxylic acids is 2. The van der Waals surface area contributed by atoms with Crippen molar-refractivity contribution in [1.29, 1.82) is 0 Å². The first-order valence-corrected chi connectivity index (χ1v) is 13.1. The van der Waals surface area contributed by atoms with Crippen LogP contribution in [-0.4, -0.2) is 59.9 Å². The van der Waals surface area contributed by atoms with Gasteiger partial charge in [-0.15, -0.1) is 0 Å². The van der Waals surface area contributed by atoms with Gasteiger partial charge in [-0.2, -0.15) is 0 Å². The van der Waals surface area contributed by atoms with E-state index in [1.54, 1.807) is 0 Å². The number of hydrogen-bond acceptors (Lipinski definition) is 6. The molecule has 186 valence electrons. The fraction of sp³-hybridized carbons (Fsp3) is 0.923. The van der Waals surface area contributed by atoms with Crippen molar-refractivity contribution in [3.63, 3.8) is 0 Å². The molecule has 0 saturated heterocycles. The smallest absolute Gasteiger partial charge is 0.125 e. The van der Waals surface area contributed by atoms with Crippen molar-refractivity contribution in [3.8, 4) is 0 Å². The molecular weight excluding hydrogens is 408 g/mol. The minimum atomic E-state index is -0.773. The van der Waals surface area contributed by atoms with Gasteiger partial charge in [0, 0.05) is 24.9 Å². The van der Waals surface area contributed by atoms with Gasteiger partial charge in [0.2, 0.25) is 0 Å². The van der Waals surface area contributed by atoms with E-state index in [2.05, 4.69) is 6.92 Å². The molecule has 7 atom stereocenters. The molecule has 0 heterocycles. The van der Waals surface area contributed by atoms with Crippen molar-refractivity contribution in [2.75, 3.05) is 6.61 Å². The molecule has 2 N–H and O–H groups in total. The molecule has 0 aromatic rings. The Bertz CT molecular complexity index is 513. The van der Waals surface area contributed by atoms with Gasteiger partial charge in [0.15, 0.2) is 0 Å². The average molecular weight is 455 g/mol. The topological polar surface area (TPSA) is 93.1 Å². The van der Waals surface area contributed by atoms with Gasteiger partial charge < -0.3 is 29.3 Å². The second-order valence-corrected chi connectivity index (χ2v) is 9.99. The standard InChI is InChI=1S/C26H46O6/c1-2-3-4-5-6-7-8-9-10-11-12-31-23-15-21(19-28)26(25(30)17-23)32-24-14-20(18-27)13-22(29)16-24/h18-26,29-30H,2-17H2,1H3/t20-,21?,22+,23?,24-,25?,26-/m1/s1. The minimum Gasteiger partial charge on any atom is -0.393 e. The molecule has 6 nitrogen and oxygen atoms in total. The number of ether oxygens (including phenoxy) is 2. The molecule has 0 aromatic heterocycles. The Morgan fingerprint density at radius 2 is 1.41 bits per heavy atom. The van der Waals surface area contributed by atoms with E-state index in [1.165, 1.54) is 51.4 Å². The molecule has 0 aliphatic heterocycles.